The van der Waals surface area contributed by atoms with E-state index in [-0.39, 0.29) is 11.7 Å². The van der Waals surface area contributed by atoms with Crippen molar-refractivity contribution in [2.75, 3.05) is 11.4 Å². The summed E-state index contributed by atoms with van der Waals surface area (Å²) in [5.41, 5.74) is 3.49. The Hall–Kier alpha value is -2.29. The SMILES string of the molecule is Cc1ccc(O)c(C(=O)N2CC(C)Cc3ccccc32)c1. The Bertz CT molecular complexity index is 693. The lowest BCUT2D eigenvalue weighted by Gasteiger charge is -2.33. The Morgan fingerprint density at radius 3 is 2.81 bits per heavy atom. The van der Waals surface area contributed by atoms with Gasteiger partial charge in [0.15, 0.2) is 0 Å². The normalized spacial score (nSPS) is 17.4. The molecule has 3 heteroatoms. The lowest BCUT2D eigenvalue weighted by atomic mass is 9.93. The molecule has 1 unspecified atom stereocenters. The smallest absolute Gasteiger partial charge is 0.262 e. The number of aromatic hydroxyl groups is 1. The molecule has 1 heterocycles. The summed E-state index contributed by atoms with van der Waals surface area (Å²) in [4.78, 5) is 14.6. The second-order valence-electron chi connectivity index (χ2n) is 5.87. The van der Waals surface area contributed by atoms with Crippen LogP contribution in [0.1, 0.15) is 28.4 Å². The Morgan fingerprint density at radius 2 is 2.00 bits per heavy atom. The number of fused-ring (bicyclic) bond motifs is 1. The highest BCUT2D eigenvalue weighted by Gasteiger charge is 2.28. The fourth-order valence-electron chi connectivity index (χ4n) is 2.96. The number of amides is 1. The van der Waals surface area contributed by atoms with Gasteiger partial charge in [0.2, 0.25) is 0 Å². The maximum atomic E-state index is 12.8. The van der Waals surface area contributed by atoms with Crippen LogP contribution in [-0.4, -0.2) is 17.6 Å². The number of aryl methyl sites for hydroxylation is 1. The highest BCUT2D eigenvalue weighted by Crippen LogP contribution is 2.32. The first kappa shape index (κ1) is 13.7. The van der Waals surface area contributed by atoms with Crippen LogP contribution in [0.2, 0.25) is 0 Å². The monoisotopic (exact) mass is 281 g/mol. The zero-order valence-corrected chi connectivity index (χ0v) is 12.3. The van der Waals surface area contributed by atoms with E-state index in [2.05, 4.69) is 13.0 Å². The van der Waals surface area contributed by atoms with Crippen molar-refractivity contribution >= 4 is 11.6 Å². The average molecular weight is 281 g/mol. The number of anilines is 1. The molecule has 3 rings (SSSR count). The van der Waals surface area contributed by atoms with E-state index in [1.165, 1.54) is 5.56 Å². The summed E-state index contributed by atoms with van der Waals surface area (Å²) >= 11 is 0. The number of hydrogen-bond donors (Lipinski definition) is 1. The van der Waals surface area contributed by atoms with Crippen LogP contribution in [0.25, 0.3) is 0 Å². The minimum Gasteiger partial charge on any atom is -0.507 e. The van der Waals surface area contributed by atoms with Gasteiger partial charge in [-0.25, -0.2) is 0 Å². The summed E-state index contributed by atoms with van der Waals surface area (Å²) in [7, 11) is 0. The van der Waals surface area contributed by atoms with Crippen LogP contribution in [0.3, 0.4) is 0 Å². The van der Waals surface area contributed by atoms with Gasteiger partial charge in [-0.2, -0.15) is 0 Å². The maximum absolute atomic E-state index is 12.8. The van der Waals surface area contributed by atoms with Crippen LogP contribution in [0.15, 0.2) is 42.5 Å². The van der Waals surface area contributed by atoms with E-state index in [9.17, 15) is 9.90 Å². The topological polar surface area (TPSA) is 40.5 Å². The van der Waals surface area contributed by atoms with Crippen molar-refractivity contribution in [2.24, 2.45) is 5.92 Å². The lowest BCUT2D eigenvalue weighted by Crippen LogP contribution is -2.39. The number of carbonyl (C=O) groups excluding carboxylic acids is 1. The second kappa shape index (κ2) is 5.24. The van der Waals surface area contributed by atoms with Gasteiger partial charge in [0.05, 0.1) is 5.56 Å². The minimum absolute atomic E-state index is 0.0429. The van der Waals surface area contributed by atoms with Crippen molar-refractivity contribution in [1.29, 1.82) is 0 Å². The van der Waals surface area contributed by atoms with E-state index in [0.717, 1.165) is 17.7 Å². The first-order chi connectivity index (χ1) is 10.1. The molecule has 1 aliphatic rings. The first-order valence-corrected chi connectivity index (χ1v) is 7.25. The van der Waals surface area contributed by atoms with Crippen LogP contribution in [0, 0.1) is 12.8 Å². The highest BCUT2D eigenvalue weighted by molar-refractivity contribution is 6.08. The second-order valence-corrected chi connectivity index (χ2v) is 5.87. The van der Waals surface area contributed by atoms with Gasteiger partial charge < -0.3 is 10.0 Å². The number of phenolic OH excluding ortho intramolecular Hbond substituents is 1. The predicted molar refractivity (Wildman–Crippen MR) is 83.8 cm³/mol. The molecule has 0 aliphatic carbocycles. The van der Waals surface area contributed by atoms with Gasteiger partial charge in [-0.15, -0.1) is 0 Å². The zero-order chi connectivity index (χ0) is 15.0. The molecule has 1 N–H and O–H groups in total. The van der Waals surface area contributed by atoms with Gasteiger partial charge in [0.25, 0.3) is 5.91 Å². The average Bonchev–Trinajstić information content (AvgIpc) is 2.48. The quantitative estimate of drug-likeness (QED) is 0.868. The van der Waals surface area contributed by atoms with Crippen LogP contribution in [0.4, 0.5) is 5.69 Å². The third kappa shape index (κ3) is 2.51. The van der Waals surface area contributed by atoms with Crippen LogP contribution < -0.4 is 4.90 Å². The van der Waals surface area contributed by atoms with E-state index in [0.29, 0.717) is 18.0 Å². The van der Waals surface area contributed by atoms with Gasteiger partial charge in [0, 0.05) is 12.2 Å². The Kier molecular flexibility index (Phi) is 3.42. The van der Waals surface area contributed by atoms with Crippen molar-refractivity contribution < 1.29 is 9.90 Å². The van der Waals surface area contributed by atoms with E-state index >= 15 is 0 Å². The Morgan fingerprint density at radius 1 is 1.24 bits per heavy atom. The molecular weight excluding hydrogens is 262 g/mol. The van der Waals surface area contributed by atoms with Crippen LogP contribution >= 0.6 is 0 Å². The third-order valence-corrected chi connectivity index (χ3v) is 3.97. The molecule has 2 aromatic rings. The molecular formula is C18H19NO2. The third-order valence-electron chi connectivity index (χ3n) is 3.97. The van der Waals surface area contributed by atoms with Crippen molar-refractivity contribution in [3.63, 3.8) is 0 Å². The summed E-state index contributed by atoms with van der Waals surface area (Å²) in [6.07, 6.45) is 0.986. The highest BCUT2D eigenvalue weighted by atomic mass is 16.3. The van der Waals surface area contributed by atoms with Gasteiger partial charge >= 0.3 is 0 Å². The molecule has 3 nitrogen and oxygen atoms in total. The van der Waals surface area contributed by atoms with Crippen molar-refractivity contribution in [2.45, 2.75) is 20.3 Å². The molecule has 0 saturated heterocycles. The number of benzene rings is 2. The van der Waals surface area contributed by atoms with Crippen molar-refractivity contribution in [3.05, 3.63) is 59.2 Å². The number of carbonyl (C=O) groups is 1. The molecule has 2 aromatic carbocycles. The Labute approximate surface area is 124 Å². The first-order valence-electron chi connectivity index (χ1n) is 7.25. The molecule has 0 aromatic heterocycles. The summed E-state index contributed by atoms with van der Waals surface area (Å²) in [6, 6.07) is 13.1. The summed E-state index contributed by atoms with van der Waals surface area (Å²) in [5, 5.41) is 10.0. The predicted octanol–water partition coefficient (Wildman–Crippen LogP) is 3.54. The number of phenols is 1. The number of para-hydroxylation sites is 1. The molecule has 108 valence electrons. The fraction of sp³-hybridized carbons (Fsp3) is 0.278. The van der Waals surface area contributed by atoms with Crippen LogP contribution in [0.5, 0.6) is 5.75 Å². The van der Waals surface area contributed by atoms with E-state index in [4.69, 9.17) is 0 Å². The molecule has 21 heavy (non-hydrogen) atoms. The molecule has 0 fully saturated rings. The molecule has 0 saturated carbocycles. The minimum atomic E-state index is -0.129. The number of nitrogens with zero attached hydrogens (tertiary/aromatic N) is 1. The van der Waals surface area contributed by atoms with Gasteiger partial charge in [0.1, 0.15) is 5.75 Å². The molecule has 0 spiro atoms. The number of rotatable bonds is 1. The largest absolute Gasteiger partial charge is 0.507 e. The standard InChI is InChI=1S/C18H19NO2/c1-12-7-8-17(20)15(10-12)18(21)19-11-13(2)9-14-5-3-4-6-16(14)19/h3-8,10,13,20H,9,11H2,1-2H3. The van der Waals surface area contributed by atoms with Crippen LogP contribution in [-0.2, 0) is 6.42 Å². The van der Waals surface area contributed by atoms with Crippen molar-refractivity contribution in [3.8, 4) is 5.75 Å². The Balaban J connectivity index is 2.04. The molecule has 1 aliphatic heterocycles. The van der Waals surface area contributed by atoms with E-state index < -0.39 is 0 Å². The van der Waals surface area contributed by atoms with Crippen molar-refractivity contribution in [1.82, 2.24) is 0 Å². The zero-order valence-electron chi connectivity index (χ0n) is 12.3. The lowest BCUT2D eigenvalue weighted by molar-refractivity contribution is 0.0978. The van der Waals surface area contributed by atoms with Gasteiger partial charge in [-0.1, -0.05) is 36.8 Å². The summed E-state index contributed by atoms with van der Waals surface area (Å²) in [5.74, 6) is 0.326. The van der Waals surface area contributed by atoms with Gasteiger partial charge in [-0.05, 0) is 43.0 Å². The van der Waals surface area contributed by atoms with E-state index in [1.54, 1.807) is 23.1 Å². The maximum Gasteiger partial charge on any atom is 0.262 e. The van der Waals surface area contributed by atoms with Gasteiger partial charge in [-0.3, -0.25) is 4.79 Å². The molecule has 0 radical (unpaired) electrons. The number of hydrogen-bond acceptors (Lipinski definition) is 2. The summed E-state index contributed by atoms with van der Waals surface area (Å²) < 4.78 is 0. The molecule has 1 amide bonds. The molecule has 0 bridgehead atoms. The summed E-state index contributed by atoms with van der Waals surface area (Å²) in [6.45, 7) is 4.75. The fourth-order valence-corrected chi connectivity index (χ4v) is 2.96. The van der Waals surface area contributed by atoms with E-state index in [1.807, 2.05) is 25.1 Å². The molecule has 1 atom stereocenters.